The fraction of sp³-hybridized carbons (Fsp3) is 0.250. The Kier molecular flexibility index (Phi) is 2.44. The minimum atomic E-state index is 0.747. The first-order valence-electron chi connectivity index (χ1n) is 5.25. The van der Waals surface area contributed by atoms with Crippen LogP contribution in [-0.4, -0.2) is 17.7 Å². The monoisotopic (exact) mass is 278 g/mol. The van der Waals surface area contributed by atoms with E-state index in [0.717, 1.165) is 41.3 Å². The minimum Gasteiger partial charge on any atom is -0.451 e. The molecule has 82 valence electrons. The molecule has 2 heterocycles. The van der Waals surface area contributed by atoms with Crippen LogP contribution in [0, 0.1) is 0 Å². The van der Waals surface area contributed by atoms with E-state index >= 15 is 0 Å². The summed E-state index contributed by atoms with van der Waals surface area (Å²) in [6, 6.07) is 7.93. The maximum Gasteiger partial charge on any atom is 0.170 e. The fourth-order valence-corrected chi connectivity index (χ4v) is 2.38. The van der Waals surface area contributed by atoms with Crippen molar-refractivity contribution in [3.63, 3.8) is 0 Å². The van der Waals surface area contributed by atoms with Crippen LogP contribution < -0.4 is 10.1 Å². The number of halogens is 1. The summed E-state index contributed by atoms with van der Waals surface area (Å²) >= 11 is 3.45. The first kappa shape index (κ1) is 9.90. The van der Waals surface area contributed by atoms with Crippen LogP contribution in [0.5, 0.6) is 5.75 Å². The van der Waals surface area contributed by atoms with Gasteiger partial charge in [0.25, 0.3) is 0 Å². The third-order valence-corrected chi connectivity index (χ3v) is 3.11. The summed E-state index contributed by atoms with van der Waals surface area (Å²) in [6.07, 6.45) is 0.978. The van der Waals surface area contributed by atoms with Crippen molar-refractivity contribution in [1.82, 2.24) is 0 Å². The molecule has 0 saturated heterocycles. The molecule has 1 aromatic rings. The van der Waals surface area contributed by atoms with Crippen LogP contribution in [0.2, 0.25) is 0 Å². The van der Waals surface area contributed by atoms with Crippen molar-refractivity contribution in [1.29, 1.82) is 0 Å². The minimum absolute atomic E-state index is 0.747. The number of nitrogens with one attached hydrogen (secondary N) is 1. The van der Waals surface area contributed by atoms with Gasteiger partial charge in [0.15, 0.2) is 17.3 Å². The lowest BCUT2D eigenvalue weighted by molar-refractivity contribution is 0.446. The van der Waals surface area contributed by atoms with Crippen LogP contribution in [0.3, 0.4) is 0 Å². The lowest BCUT2D eigenvalue weighted by atomic mass is 10.1. The van der Waals surface area contributed by atoms with Crippen LogP contribution in [0.25, 0.3) is 0 Å². The second kappa shape index (κ2) is 3.94. The van der Waals surface area contributed by atoms with Crippen molar-refractivity contribution in [3.05, 3.63) is 35.6 Å². The van der Waals surface area contributed by atoms with Crippen LogP contribution in [-0.2, 0) is 0 Å². The topological polar surface area (TPSA) is 33.6 Å². The Bertz CT molecular complexity index is 494. The van der Waals surface area contributed by atoms with Gasteiger partial charge < -0.3 is 10.1 Å². The van der Waals surface area contributed by atoms with E-state index in [0.29, 0.717) is 0 Å². The van der Waals surface area contributed by atoms with Gasteiger partial charge in [-0.05, 0) is 24.1 Å². The van der Waals surface area contributed by atoms with E-state index < -0.39 is 0 Å². The lowest BCUT2D eigenvalue weighted by Crippen LogP contribution is -2.22. The Balaban J connectivity index is 1.99. The van der Waals surface area contributed by atoms with Gasteiger partial charge >= 0.3 is 0 Å². The number of alkyl halides is 1. The molecule has 1 N–H and O–H groups in total. The summed E-state index contributed by atoms with van der Waals surface area (Å²) in [5.74, 6) is 2.67. The Labute approximate surface area is 102 Å². The molecule has 0 spiro atoms. The molecule has 16 heavy (non-hydrogen) atoms. The van der Waals surface area contributed by atoms with Gasteiger partial charge in [-0.3, -0.25) is 4.99 Å². The standard InChI is InChI=1S/C12H11BrN2O/c13-6-5-8-7-14-12-11(8)16-10-4-2-1-3-9(10)15-12/h1-4H,5-7H2,(H,14,15). The fourth-order valence-electron chi connectivity index (χ4n) is 1.91. The van der Waals surface area contributed by atoms with Gasteiger partial charge in [-0.25, -0.2) is 0 Å². The number of amidine groups is 1. The molecule has 0 amide bonds. The Hall–Kier alpha value is -1.29. The van der Waals surface area contributed by atoms with Gasteiger partial charge in [-0.1, -0.05) is 28.1 Å². The predicted octanol–water partition coefficient (Wildman–Crippen LogP) is 2.94. The van der Waals surface area contributed by atoms with Gasteiger partial charge in [-0.15, -0.1) is 0 Å². The third kappa shape index (κ3) is 1.53. The van der Waals surface area contributed by atoms with Crippen LogP contribution >= 0.6 is 15.9 Å². The molecule has 0 atom stereocenters. The highest BCUT2D eigenvalue weighted by molar-refractivity contribution is 9.09. The zero-order valence-electron chi connectivity index (χ0n) is 8.66. The van der Waals surface area contributed by atoms with Crippen LogP contribution in [0.4, 0.5) is 5.69 Å². The third-order valence-electron chi connectivity index (χ3n) is 2.71. The maximum atomic E-state index is 5.89. The molecule has 0 unspecified atom stereocenters. The van der Waals surface area contributed by atoms with E-state index in [1.54, 1.807) is 0 Å². The number of nitrogens with zero attached hydrogens (tertiary/aromatic N) is 1. The number of hydrogen-bond donors (Lipinski definition) is 1. The van der Waals surface area contributed by atoms with Crippen LogP contribution in [0.15, 0.2) is 40.6 Å². The van der Waals surface area contributed by atoms with Gasteiger partial charge in [-0.2, -0.15) is 0 Å². The summed E-state index contributed by atoms with van der Waals surface area (Å²) in [4.78, 5) is 4.44. The lowest BCUT2D eigenvalue weighted by Gasteiger charge is -2.21. The molecule has 2 aliphatic rings. The molecule has 0 fully saturated rings. The van der Waals surface area contributed by atoms with Crippen molar-refractivity contribution in [3.8, 4) is 5.75 Å². The number of benzene rings is 1. The SMILES string of the molecule is BrCCC1=C2Oc3ccccc3NC2=NC1. The largest absolute Gasteiger partial charge is 0.451 e. The number of hydrogen-bond acceptors (Lipinski definition) is 3. The molecular formula is C12H11BrN2O. The molecule has 0 aromatic heterocycles. The zero-order valence-corrected chi connectivity index (χ0v) is 10.3. The highest BCUT2D eigenvalue weighted by Gasteiger charge is 2.26. The first-order valence-corrected chi connectivity index (χ1v) is 6.37. The number of fused-ring (bicyclic) bond motifs is 2. The quantitative estimate of drug-likeness (QED) is 0.844. The highest BCUT2D eigenvalue weighted by Crippen LogP contribution is 2.34. The van der Waals surface area contributed by atoms with E-state index in [-0.39, 0.29) is 0 Å². The van der Waals surface area contributed by atoms with Crippen molar-refractivity contribution >= 4 is 27.5 Å². The van der Waals surface area contributed by atoms with Gasteiger partial charge in [0.1, 0.15) is 0 Å². The van der Waals surface area contributed by atoms with Crippen molar-refractivity contribution in [2.24, 2.45) is 4.99 Å². The zero-order chi connectivity index (χ0) is 11.0. The molecule has 0 aliphatic carbocycles. The normalized spacial score (nSPS) is 17.2. The Morgan fingerprint density at radius 1 is 1.38 bits per heavy atom. The van der Waals surface area contributed by atoms with Gasteiger partial charge in [0, 0.05) is 5.33 Å². The number of rotatable bonds is 2. The number of para-hydroxylation sites is 2. The van der Waals surface area contributed by atoms with Crippen LogP contribution in [0.1, 0.15) is 6.42 Å². The predicted molar refractivity (Wildman–Crippen MR) is 68.4 cm³/mol. The van der Waals surface area contributed by atoms with Crippen molar-refractivity contribution < 1.29 is 4.74 Å². The molecule has 3 rings (SSSR count). The Morgan fingerprint density at radius 2 is 2.25 bits per heavy atom. The molecule has 1 aromatic carbocycles. The number of aliphatic imine (C=N–C) groups is 1. The van der Waals surface area contributed by atoms with E-state index in [2.05, 4.69) is 26.2 Å². The molecule has 3 nitrogen and oxygen atoms in total. The van der Waals surface area contributed by atoms with E-state index in [9.17, 15) is 0 Å². The second-order valence-electron chi connectivity index (χ2n) is 3.76. The second-order valence-corrected chi connectivity index (χ2v) is 4.55. The van der Waals surface area contributed by atoms with E-state index in [4.69, 9.17) is 4.74 Å². The molecule has 0 radical (unpaired) electrons. The van der Waals surface area contributed by atoms with Gasteiger partial charge in [0.2, 0.25) is 0 Å². The van der Waals surface area contributed by atoms with E-state index in [1.807, 2.05) is 24.3 Å². The first-order chi connectivity index (χ1) is 7.88. The summed E-state index contributed by atoms with van der Waals surface area (Å²) < 4.78 is 5.89. The smallest absolute Gasteiger partial charge is 0.170 e. The molecule has 4 heteroatoms. The number of anilines is 1. The summed E-state index contributed by atoms with van der Waals surface area (Å²) in [5.41, 5.74) is 2.25. The Morgan fingerprint density at radius 3 is 3.12 bits per heavy atom. The summed E-state index contributed by atoms with van der Waals surface area (Å²) in [7, 11) is 0. The van der Waals surface area contributed by atoms with E-state index in [1.165, 1.54) is 5.57 Å². The van der Waals surface area contributed by atoms with Gasteiger partial charge in [0.05, 0.1) is 12.2 Å². The molecule has 0 saturated carbocycles. The highest BCUT2D eigenvalue weighted by atomic mass is 79.9. The average molecular weight is 279 g/mol. The molecule has 2 aliphatic heterocycles. The summed E-state index contributed by atoms with van der Waals surface area (Å²) in [6.45, 7) is 0.747. The number of ether oxygens (including phenoxy) is 1. The molecular weight excluding hydrogens is 268 g/mol. The molecule has 0 bridgehead atoms. The van der Waals surface area contributed by atoms with Crippen molar-refractivity contribution in [2.75, 3.05) is 17.2 Å². The van der Waals surface area contributed by atoms with Crippen molar-refractivity contribution in [2.45, 2.75) is 6.42 Å². The maximum absolute atomic E-state index is 5.89. The average Bonchev–Trinajstić information content (AvgIpc) is 2.70. The summed E-state index contributed by atoms with van der Waals surface area (Å²) in [5, 5.41) is 4.24.